The summed E-state index contributed by atoms with van der Waals surface area (Å²) in [5, 5.41) is 44.9. The highest BCUT2D eigenvalue weighted by atomic mass is 19.1. The fraction of sp³-hybridized carbons (Fsp3) is 0.387. The number of fused-ring (bicyclic) bond motifs is 3. The normalized spacial score (nSPS) is 25.5. The van der Waals surface area contributed by atoms with E-state index in [4.69, 9.17) is 5.73 Å². The number of alkyl halides is 1. The third-order valence-corrected chi connectivity index (χ3v) is 8.79. The largest absolute Gasteiger partial charge is 0.508 e. The molecule has 5 rings (SSSR count). The Bertz CT molecular complexity index is 1550. The number of ketones is 2. The first-order valence-electron chi connectivity index (χ1n) is 13.7. The molecule has 42 heavy (non-hydrogen) atoms. The van der Waals surface area contributed by atoms with Gasteiger partial charge in [0.1, 0.15) is 29.5 Å². The molecule has 0 aromatic heterocycles. The van der Waals surface area contributed by atoms with Gasteiger partial charge in [-0.3, -0.25) is 24.2 Å². The van der Waals surface area contributed by atoms with Crippen molar-refractivity contribution in [1.29, 1.82) is 0 Å². The number of aliphatic hydroxyl groups excluding tert-OH is 2. The summed E-state index contributed by atoms with van der Waals surface area (Å²) in [6.07, 6.45) is 0.208. The van der Waals surface area contributed by atoms with Crippen LogP contribution in [-0.4, -0.2) is 93.7 Å². The topological polar surface area (TPSA) is 165 Å². The molecular weight excluding hydrogens is 545 g/mol. The number of benzene rings is 2. The maximum atomic E-state index is 14.0. The molecule has 10 nitrogen and oxygen atoms in total. The second-order valence-electron chi connectivity index (χ2n) is 11.6. The Balaban J connectivity index is 1.62. The number of rotatable bonds is 7. The van der Waals surface area contributed by atoms with Gasteiger partial charge in [-0.2, -0.15) is 0 Å². The number of hydrogen-bond donors (Lipinski definition) is 5. The monoisotopic (exact) mass is 579 g/mol. The minimum absolute atomic E-state index is 0.0146. The van der Waals surface area contributed by atoms with E-state index in [1.165, 1.54) is 11.0 Å². The highest BCUT2D eigenvalue weighted by molar-refractivity contribution is 6.24. The summed E-state index contributed by atoms with van der Waals surface area (Å²) in [6, 6.07) is 9.59. The van der Waals surface area contributed by atoms with Gasteiger partial charge in [0, 0.05) is 24.6 Å². The molecule has 2 aromatic rings. The van der Waals surface area contributed by atoms with Crippen molar-refractivity contribution in [2.45, 2.75) is 31.0 Å². The number of carbonyl (C=O) groups is 3. The second kappa shape index (κ2) is 10.6. The van der Waals surface area contributed by atoms with E-state index in [-0.39, 0.29) is 29.7 Å². The average Bonchev–Trinajstić information content (AvgIpc) is 2.91. The lowest BCUT2D eigenvalue weighted by atomic mass is 9.57. The Morgan fingerprint density at radius 3 is 2.33 bits per heavy atom. The zero-order chi connectivity index (χ0) is 30.7. The van der Waals surface area contributed by atoms with Crippen molar-refractivity contribution in [2.75, 3.05) is 34.4 Å². The van der Waals surface area contributed by atoms with Crippen LogP contribution in [0.3, 0.4) is 0 Å². The summed E-state index contributed by atoms with van der Waals surface area (Å²) in [4.78, 5) is 42.7. The van der Waals surface area contributed by atoms with E-state index in [1.807, 2.05) is 36.2 Å². The van der Waals surface area contributed by atoms with Crippen LogP contribution in [0.1, 0.15) is 23.1 Å². The Morgan fingerprint density at radius 2 is 1.74 bits per heavy atom. The molecule has 3 aliphatic rings. The number of aromatic hydroxyl groups is 1. The zero-order valence-electron chi connectivity index (χ0n) is 23.6. The molecule has 6 N–H and O–H groups in total. The smallest absolute Gasteiger partial charge is 0.255 e. The highest BCUT2D eigenvalue weighted by Gasteiger charge is 2.64. The molecule has 2 aromatic carbocycles. The number of primary amides is 1. The number of carbonyl (C=O) groups excluding carboxylic acids is 3. The minimum Gasteiger partial charge on any atom is -0.508 e. The molecule has 1 fully saturated rings. The van der Waals surface area contributed by atoms with E-state index in [0.717, 1.165) is 11.1 Å². The van der Waals surface area contributed by atoms with E-state index >= 15 is 0 Å². The third-order valence-electron chi connectivity index (χ3n) is 8.79. The number of phenols is 1. The maximum absolute atomic E-state index is 14.0. The average molecular weight is 580 g/mol. The van der Waals surface area contributed by atoms with E-state index in [1.54, 1.807) is 20.2 Å². The van der Waals surface area contributed by atoms with Crippen molar-refractivity contribution < 1.29 is 39.2 Å². The van der Waals surface area contributed by atoms with Gasteiger partial charge in [0.15, 0.2) is 11.4 Å². The third kappa shape index (κ3) is 4.39. The van der Waals surface area contributed by atoms with Crippen LogP contribution in [0.4, 0.5) is 4.39 Å². The fourth-order valence-corrected chi connectivity index (χ4v) is 6.84. The first kappa shape index (κ1) is 29.4. The Hall–Kier alpha value is -4.06. The van der Waals surface area contributed by atoms with Gasteiger partial charge in [0.2, 0.25) is 5.78 Å². The van der Waals surface area contributed by atoms with Crippen molar-refractivity contribution in [3.05, 3.63) is 70.0 Å². The number of nitrogens with zero attached hydrogens (tertiary/aromatic N) is 2. The molecule has 0 aliphatic heterocycles. The SMILES string of the molecule is CN(CCF)Cc1ccc(-c2ccc(O)c3c2C[C@H]2C[C@H]4C(N(C)C)C(=O)C(C(N)=O)=C(O)[C@]4(O)C(=O)C2=C3O)cc1. The molecule has 11 heteroatoms. The van der Waals surface area contributed by atoms with Crippen LogP contribution in [0.2, 0.25) is 0 Å². The molecule has 0 radical (unpaired) electrons. The number of phenolic OH excluding ortho intramolecular Hbond substituents is 1. The van der Waals surface area contributed by atoms with Gasteiger partial charge in [-0.25, -0.2) is 4.39 Å². The number of nitrogens with two attached hydrogens (primary N) is 1. The van der Waals surface area contributed by atoms with Crippen molar-refractivity contribution in [1.82, 2.24) is 9.80 Å². The molecule has 0 spiro atoms. The zero-order valence-corrected chi connectivity index (χ0v) is 23.6. The van der Waals surface area contributed by atoms with Gasteiger partial charge in [0.25, 0.3) is 5.91 Å². The standard InChI is InChI=1S/C31H34FN3O7/c1-34(2)25-20-13-17-12-19-18(16-6-4-15(5-7-16)14-35(3)11-10-32)8-9-21(36)23(19)26(37)22(17)28(39)31(20,42)29(40)24(27(25)38)30(33)41/h4-9,17,20,25,36-37,40,42H,10-14H2,1-3H3,(H2,33,41)/t17-,20-,25?,31+/m0/s1. The van der Waals surface area contributed by atoms with Crippen molar-refractivity contribution >= 4 is 23.2 Å². The summed E-state index contributed by atoms with van der Waals surface area (Å²) in [7, 11) is 4.94. The van der Waals surface area contributed by atoms with Crippen LogP contribution in [0.5, 0.6) is 5.75 Å². The molecule has 1 saturated carbocycles. The molecular formula is C31H34FN3O7. The Labute approximate surface area is 242 Å². The quantitative estimate of drug-likeness (QED) is 0.309. The first-order valence-corrected chi connectivity index (χ1v) is 13.7. The fourth-order valence-electron chi connectivity index (χ4n) is 6.84. The van der Waals surface area contributed by atoms with E-state index in [2.05, 4.69) is 0 Å². The minimum atomic E-state index is -2.68. The molecule has 0 bridgehead atoms. The molecule has 1 unspecified atom stereocenters. The Morgan fingerprint density at radius 1 is 1.07 bits per heavy atom. The number of likely N-dealkylation sites (N-methyl/N-ethyl adjacent to an activating group) is 1. The Kier molecular flexibility index (Phi) is 7.46. The number of amides is 1. The number of hydrogen-bond acceptors (Lipinski definition) is 9. The van der Waals surface area contributed by atoms with Gasteiger partial charge in [-0.15, -0.1) is 0 Å². The van der Waals surface area contributed by atoms with Gasteiger partial charge < -0.3 is 26.2 Å². The highest BCUT2D eigenvalue weighted by Crippen LogP contribution is 2.53. The molecule has 222 valence electrons. The van der Waals surface area contributed by atoms with Gasteiger partial charge in [-0.05, 0) is 68.2 Å². The van der Waals surface area contributed by atoms with E-state index in [9.17, 15) is 39.2 Å². The van der Waals surface area contributed by atoms with E-state index < -0.39 is 64.7 Å². The molecule has 4 atom stereocenters. The van der Waals surface area contributed by atoms with Crippen LogP contribution in [0, 0.1) is 11.8 Å². The van der Waals surface area contributed by atoms with Crippen LogP contribution in [-0.2, 0) is 27.3 Å². The number of Topliss-reactive ketones (excluding diaryl/α,β-unsaturated/α-hetero) is 2. The van der Waals surface area contributed by atoms with Crippen LogP contribution in [0.25, 0.3) is 16.9 Å². The van der Waals surface area contributed by atoms with Crippen molar-refractivity contribution in [3.63, 3.8) is 0 Å². The lowest BCUT2D eigenvalue weighted by Crippen LogP contribution is -2.65. The molecule has 0 saturated heterocycles. The first-order chi connectivity index (χ1) is 19.8. The van der Waals surface area contributed by atoms with Crippen LogP contribution < -0.4 is 5.73 Å². The van der Waals surface area contributed by atoms with Gasteiger partial charge >= 0.3 is 0 Å². The summed E-state index contributed by atoms with van der Waals surface area (Å²) < 4.78 is 12.7. The van der Waals surface area contributed by atoms with E-state index in [0.29, 0.717) is 24.2 Å². The summed E-state index contributed by atoms with van der Waals surface area (Å²) in [6.45, 7) is 0.430. The molecule has 0 heterocycles. The van der Waals surface area contributed by atoms with Crippen molar-refractivity contribution in [2.24, 2.45) is 17.6 Å². The predicted octanol–water partition coefficient (Wildman–Crippen LogP) is 2.03. The summed E-state index contributed by atoms with van der Waals surface area (Å²) >= 11 is 0. The maximum Gasteiger partial charge on any atom is 0.255 e. The van der Waals surface area contributed by atoms with Gasteiger partial charge in [0.05, 0.1) is 11.6 Å². The second-order valence-corrected chi connectivity index (χ2v) is 11.6. The van der Waals surface area contributed by atoms with Gasteiger partial charge in [-0.1, -0.05) is 30.3 Å². The molecule has 3 aliphatic carbocycles. The van der Waals surface area contributed by atoms with Crippen molar-refractivity contribution in [3.8, 4) is 16.9 Å². The summed E-state index contributed by atoms with van der Waals surface area (Å²) in [5.41, 5.74) is 4.76. The van der Waals surface area contributed by atoms with Crippen LogP contribution in [0.15, 0.2) is 53.3 Å². The lowest BCUT2D eigenvalue weighted by molar-refractivity contribution is -0.153. The molecule has 1 amide bonds. The predicted molar refractivity (Wildman–Crippen MR) is 152 cm³/mol. The summed E-state index contributed by atoms with van der Waals surface area (Å²) in [5.74, 6) is -6.85. The van der Waals surface area contributed by atoms with Crippen LogP contribution >= 0.6 is 0 Å². The lowest BCUT2D eigenvalue weighted by Gasteiger charge is -2.50. The number of aliphatic hydroxyl groups is 3. The number of halogens is 1.